The topological polar surface area (TPSA) is 74.8 Å². The molecule has 11 heteroatoms. The predicted octanol–water partition coefficient (Wildman–Crippen LogP) is 5.61. The third-order valence-corrected chi connectivity index (χ3v) is 12.1. The summed E-state index contributed by atoms with van der Waals surface area (Å²) in [6, 6.07) is 13.7. The smallest absolute Gasteiger partial charge is 0.262 e. The van der Waals surface area contributed by atoms with Gasteiger partial charge in [-0.25, -0.2) is 4.39 Å². The molecule has 4 fully saturated rings. The first-order chi connectivity index (χ1) is 24.1. The molecule has 4 aliphatic rings. The van der Waals surface area contributed by atoms with Crippen LogP contribution < -0.4 is 9.64 Å². The summed E-state index contributed by atoms with van der Waals surface area (Å²) in [6.45, 7) is 3.31. The molecular weight excluding hydrogens is 659 g/mol. The van der Waals surface area contributed by atoms with Crippen molar-refractivity contribution in [3.8, 4) is 5.75 Å². The summed E-state index contributed by atoms with van der Waals surface area (Å²) < 4.78 is 34.6. The second-order valence-electron chi connectivity index (χ2n) is 15.0. The first-order valence-electron chi connectivity index (χ1n) is 18.2. The van der Waals surface area contributed by atoms with Gasteiger partial charge in [-0.3, -0.25) is 14.5 Å². The third kappa shape index (κ3) is 7.50. The second kappa shape index (κ2) is 15.8. The van der Waals surface area contributed by atoms with Crippen molar-refractivity contribution >= 4 is 29.1 Å². The monoisotopic (exact) mass is 712 g/mol. The van der Waals surface area contributed by atoms with Crippen LogP contribution in [-0.4, -0.2) is 126 Å². The van der Waals surface area contributed by atoms with E-state index in [-0.39, 0.29) is 42.4 Å². The van der Waals surface area contributed by atoms with Crippen LogP contribution in [0.5, 0.6) is 5.75 Å². The number of nitrogens with zero attached hydrogens (tertiary/aromatic N) is 4. The van der Waals surface area contributed by atoms with Crippen molar-refractivity contribution < 1.29 is 28.2 Å². The molecule has 3 aliphatic heterocycles. The molecule has 0 aromatic heterocycles. The number of halogens is 2. The van der Waals surface area contributed by atoms with Crippen LogP contribution in [0.25, 0.3) is 0 Å². The number of carbonyl (C=O) groups excluding carboxylic acids is 2. The van der Waals surface area contributed by atoms with E-state index in [1.807, 2.05) is 50.5 Å². The van der Waals surface area contributed by atoms with Crippen LogP contribution in [0.3, 0.4) is 0 Å². The molecule has 50 heavy (non-hydrogen) atoms. The molecule has 6 rings (SSSR count). The molecule has 2 aromatic rings. The van der Waals surface area contributed by atoms with Gasteiger partial charge in [0.1, 0.15) is 5.75 Å². The quantitative estimate of drug-likeness (QED) is 0.317. The molecule has 2 amide bonds. The van der Waals surface area contributed by atoms with Crippen molar-refractivity contribution in [2.75, 3.05) is 86.2 Å². The van der Waals surface area contributed by atoms with E-state index in [1.54, 1.807) is 31.1 Å². The number of hydrogen-bond acceptors (Lipinski definition) is 7. The van der Waals surface area contributed by atoms with E-state index < -0.39 is 17.5 Å². The number of amides is 2. The minimum atomic E-state index is -2.08. The van der Waals surface area contributed by atoms with Crippen LogP contribution in [0, 0.1) is 11.8 Å². The normalized spacial score (nSPS) is 29.4. The Morgan fingerprint density at radius 1 is 0.940 bits per heavy atom. The summed E-state index contributed by atoms with van der Waals surface area (Å²) in [5.74, 6) is -0.229. The van der Waals surface area contributed by atoms with Crippen LogP contribution in [-0.2, 0) is 19.1 Å². The average Bonchev–Trinajstić information content (AvgIpc) is 3.73. The molecular formula is C39H54ClFN4O5. The molecule has 1 saturated carbocycles. The highest BCUT2D eigenvalue weighted by atomic mass is 35.5. The van der Waals surface area contributed by atoms with Crippen LogP contribution >= 0.6 is 11.6 Å². The Balaban J connectivity index is 1.26. The Morgan fingerprint density at radius 3 is 2.26 bits per heavy atom. The minimum Gasteiger partial charge on any atom is -0.497 e. The lowest BCUT2D eigenvalue weighted by molar-refractivity contribution is -0.143. The maximum absolute atomic E-state index is 17.9. The Morgan fingerprint density at radius 2 is 1.64 bits per heavy atom. The van der Waals surface area contributed by atoms with Gasteiger partial charge in [-0.1, -0.05) is 29.8 Å². The lowest BCUT2D eigenvalue weighted by atomic mass is 9.85. The Labute approximate surface area is 301 Å². The molecule has 274 valence electrons. The zero-order chi connectivity index (χ0) is 35.6. The highest BCUT2D eigenvalue weighted by molar-refractivity contribution is 6.30. The lowest BCUT2D eigenvalue weighted by Crippen LogP contribution is -2.50. The molecule has 0 radical (unpaired) electrons. The Kier molecular flexibility index (Phi) is 11.6. The molecule has 9 nitrogen and oxygen atoms in total. The van der Waals surface area contributed by atoms with Gasteiger partial charge in [-0.2, -0.15) is 0 Å². The van der Waals surface area contributed by atoms with E-state index >= 15 is 4.39 Å². The average molecular weight is 713 g/mol. The molecule has 0 bridgehead atoms. The number of ether oxygens (including phenoxy) is 3. The van der Waals surface area contributed by atoms with Crippen LogP contribution in [0.1, 0.15) is 61.5 Å². The number of hydrogen-bond donors (Lipinski definition) is 0. The largest absolute Gasteiger partial charge is 0.497 e. The zero-order valence-corrected chi connectivity index (χ0v) is 31.0. The highest BCUT2D eigenvalue weighted by Crippen LogP contribution is 2.46. The van der Waals surface area contributed by atoms with Crippen molar-refractivity contribution in [1.29, 1.82) is 0 Å². The summed E-state index contributed by atoms with van der Waals surface area (Å²) in [5, 5.41) is 0.639. The molecule has 0 N–H and O–H groups in total. The molecule has 0 spiro atoms. The van der Waals surface area contributed by atoms with Gasteiger partial charge >= 0.3 is 0 Å². The Bertz CT molecular complexity index is 1480. The molecule has 0 unspecified atom stereocenters. The van der Waals surface area contributed by atoms with Crippen LogP contribution in [0.2, 0.25) is 5.02 Å². The van der Waals surface area contributed by atoms with E-state index in [2.05, 4.69) is 15.9 Å². The van der Waals surface area contributed by atoms with Gasteiger partial charge in [0, 0.05) is 108 Å². The van der Waals surface area contributed by atoms with Gasteiger partial charge in [-0.15, -0.1) is 0 Å². The maximum atomic E-state index is 17.9. The van der Waals surface area contributed by atoms with E-state index in [0.717, 1.165) is 68.4 Å². The van der Waals surface area contributed by atoms with Gasteiger partial charge in [0.05, 0.1) is 19.8 Å². The fourth-order valence-electron chi connectivity index (χ4n) is 9.07. The SMILES string of the molecule is COC[C@H]1CN(C(=O)[C@]2(F)CN([C@H]3CC[C@H](OC)CC3)C[C@H]2c2ccc(OC)cc2)C[C@@H]1c1ccc(Cl)cc1N1CCC(C(=O)N(C)C)CC1. The molecule has 3 heterocycles. The number of likely N-dealkylation sites (tertiary alicyclic amines) is 2. The van der Waals surface area contributed by atoms with Gasteiger partial charge in [0.25, 0.3) is 5.91 Å². The van der Waals surface area contributed by atoms with Gasteiger partial charge in [0.15, 0.2) is 0 Å². The fourth-order valence-corrected chi connectivity index (χ4v) is 9.23. The van der Waals surface area contributed by atoms with E-state index in [4.69, 9.17) is 25.8 Å². The number of alkyl halides is 1. The van der Waals surface area contributed by atoms with Crippen molar-refractivity contribution in [3.05, 3.63) is 58.6 Å². The first kappa shape index (κ1) is 36.9. The molecule has 1 aliphatic carbocycles. The van der Waals surface area contributed by atoms with Gasteiger partial charge in [-0.05, 0) is 73.9 Å². The van der Waals surface area contributed by atoms with E-state index in [1.165, 1.54) is 0 Å². The number of benzene rings is 2. The summed E-state index contributed by atoms with van der Waals surface area (Å²) in [5.41, 5.74) is 0.850. The fraction of sp³-hybridized carbons (Fsp3) is 0.641. The second-order valence-corrected chi connectivity index (χ2v) is 15.4. The number of anilines is 1. The first-order valence-corrected chi connectivity index (χ1v) is 18.6. The van der Waals surface area contributed by atoms with E-state index in [9.17, 15) is 9.59 Å². The molecule has 3 saturated heterocycles. The summed E-state index contributed by atoms with van der Waals surface area (Å²) in [4.78, 5) is 35.4. The number of carbonyl (C=O) groups is 2. The summed E-state index contributed by atoms with van der Waals surface area (Å²) >= 11 is 6.59. The Hall–Kier alpha value is -2.92. The highest BCUT2D eigenvalue weighted by Gasteiger charge is 2.57. The predicted molar refractivity (Wildman–Crippen MR) is 194 cm³/mol. The lowest BCUT2D eigenvalue weighted by Gasteiger charge is -2.36. The van der Waals surface area contributed by atoms with Gasteiger partial charge < -0.3 is 28.9 Å². The maximum Gasteiger partial charge on any atom is 0.262 e. The van der Waals surface area contributed by atoms with Gasteiger partial charge in [0.2, 0.25) is 11.6 Å². The van der Waals surface area contributed by atoms with Crippen molar-refractivity contribution in [2.45, 2.75) is 68.2 Å². The zero-order valence-electron chi connectivity index (χ0n) is 30.3. The van der Waals surface area contributed by atoms with Crippen molar-refractivity contribution in [2.24, 2.45) is 11.8 Å². The summed E-state index contributed by atoms with van der Waals surface area (Å²) in [6.07, 6.45) is 5.52. The van der Waals surface area contributed by atoms with Crippen molar-refractivity contribution in [3.63, 3.8) is 0 Å². The molecule has 2 aromatic carbocycles. The minimum absolute atomic E-state index is 0.00472. The van der Waals surface area contributed by atoms with Crippen molar-refractivity contribution in [1.82, 2.24) is 14.7 Å². The summed E-state index contributed by atoms with van der Waals surface area (Å²) in [7, 11) is 8.68. The van der Waals surface area contributed by atoms with E-state index in [0.29, 0.717) is 37.0 Å². The van der Waals surface area contributed by atoms with Crippen LogP contribution in [0.15, 0.2) is 42.5 Å². The van der Waals surface area contributed by atoms with Crippen LogP contribution in [0.4, 0.5) is 10.1 Å². The standard InChI is InChI=1S/C39H54ClFN4O5/c1-42(2)37(46)27-16-18-43(19-17-27)36-20-29(40)8-15-33(36)34-22-44(21-28(34)24-48-3)38(47)39(41)25-45(30-9-13-32(50-5)14-10-30)23-35(39)26-6-11-31(49-4)12-7-26/h6-8,11-12,15,20,27-28,30,32,34-35H,9-10,13-14,16-19,21-25H2,1-5H3/t28-,30-,32-,34+,35+,39+/m1/s1. The number of methoxy groups -OCH3 is 3. The molecule has 4 atom stereocenters. The number of rotatable bonds is 10. The number of piperidine rings is 1. The third-order valence-electron chi connectivity index (χ3n) is 11.9.